The number of rotatable bonds is 14. The number of aliphatic hydroxyl groups excluding tert-OH is 1. The monoisotopic (exact) mass is 589 g/mol. The molecule has 6 nitrogen and oxygen atoms in total. The lowest BCUT2D eigenvalue weighted by Gasteiger charge is -2.44. The van der Waals surface area contributed by atoms with Gasteiger partial charge >= 0.3 is 6.18 Å². The molecule has 0 saturated heterocycles. The molecule has 0 heterocycles. The number of carbonyl (C=O) groups is 2. The fourth-order valence-electron chi connectivity index (χ4n) is 5.58. The van der Waals surface area contributed by atoms with Crippen molar-refractivity contribution in [2.45, 2.75) is 58.4 Å². The summed E-state index contributed by atoms with van der Waals surface area (Å²) in [6, 6.07) is 12.1. The molecule has 3 rings (SSSR count). The van der Waals surface area contributed by atoms with E-state index in [1.54, 1.807) is 23.1 Å². The minimum Gasteiger partial charge on any atom is -0.391 e. The molecule has 2 aromatic rings. The Morgan fingerprint density at radius 2 is 1.74 bits per heavy atom. The van der Waals surface area contributed by atoms with Crippen molar-refractivity contribution in [1.29, 1.82) is 0 Å². The van der Waals surface area contributed by atoms with E-state index in [4.69, 9.17) is 5.73 Å². The number of allylic oxidation sites excluding steroid dienone is 2. The van der Waals surface area contributed by atoms with Gasteiger partial charge < -0.3 is 21.1 Å². The molecule has 1 aliphatic rings. The van der Waals surface area contributed by atoms with Gasteiger partial charge in [-0.25, -0.2) is 4.39 Å². The van der Waals surface area contributed by atoms with Crippen molar-refractivity contribution in [1.82, 2.24) is 10.2 Å². The van der Waals surface area contributed by atoms with E-state index < -0.39 is 40.9 Å². The van der Waals surface area contributed by atoms with E-state index in [1.165, 1.54) is 6.07 Å². The summed E-state index contributed by atoms with van der Waals surface area (Å²) in [5.41, 5.74) is 4.31. The number of hydrogen-bond donors (Lipinski definition) is 3. The molecule has 0 saturated carbocycles. The minimum absolute atomic E-state index is 0.00304. The Morgan fingerprint density at radius 3 is 2.33 bits per heavy atom. The van der Waals surface area contributed by atoms with E-state index in [0.717, 1.165) is 30.5 Å². The molecule has 0 radical (unpaired) electrons. The molecule has 1 unspecified atom stereocenters. The average Bonchev–Trinajstić information content (AvgIpc) is 2.96. The molecular formula is C32H39F4N3O3. The first kappa shape index (κ1) is 33.0. The Morgan fingerprint density at radius 1 is 1.07 bits per heavy atom. The number of nitrogens with one attached hydrogen (secondary N) is 1. The summed E-state index contributed by atoms with van der Waals surface area (Å²) in [6.45, 7) is 4.78. The summed E-state index contributed by atoms with van der Waals surface area (Å²) in [6.07, 6.45) is 0.682. The van der Waals surface area contributed by atoms with E-state index >= 15 is 0 Å². The third-order valence-electron chi connectivity index (χ3n) is 7.61. The Balaban J connectivity index is 1.97. The fraction of sp³-hybridized carbons (Fsp3) is 0.438. The number of benzene rings is 2. The highest BCUT2D eigenvalue weighted by molar-refractivity contribution is 5.95. The summed E-state index contributed by atoms with van der Waals surface area (Å²) in [4.78, 5) is 28.4. The second-order valence-corrected chi connectivity index (χ2v) is 10.7. The normalized spacial score (nSPS) is 18.3. The van der Waals surface area contributed by atoms with Gasteiger partial charge in [0, 0.05) is 37.7 Å². The number of aliphatic hydroxyl groups is 1. The van der Waals surface area contributed by atoms with Crippen molar-refractivity contribution in [2.75, 3.05) is 19.6 Å². The Kier molecular flexibility index (Phi) is 11.5. The number of nitrogens with two attached hydrogens (primary N) is 1. The molecule has 0 bridgehead atoms. The second kappa shape index (κ2) is 14.6. The maximum absolute atomic E-state index is 14.4. The van der Waals surface area contributed by atoms with E-state index in [2.05, 4.69) is 5.32 Å². The van der Waals surface area contributed by atoms with Crippen molar-refractivity contribution in [3.63, 3.8) is 0 Å². The number of carbonyl (C=O) groups excluding carboxylic acids is 2. The van der Waals surface area contributed by atoms with E-state index in [-0.39, 0.29) is 43.0 Å². The van der Waals surface area contributed by atoms with Gasteiger partial charge in [-0.3, -0.25) is 9.59 Å². The predicted molar refractivity (Wildman–Crippen MR) is 153 cm³/mol. The van der Waals surface area contributed by atoms with Crippen LogP contribution in [0.3, 0.4) is 0 Å². The Bertz CT molecular complexity index is 1270. The zero-order valence-corrected chi connectivity index (χ0v) is 24.0. The summed E-state index contributed by atoms with van der Waals surface area (Å²) in [7, 11) is 0. The molecule has 0 fully saturated rings. The third kappa shape index (κ3) is 8.07. The number of primary amides is 1. The highest BCUT2D eigenvalue weighted by Crippen LogP contribution is 2.44. The van der Waals surface area contributed by atoms with Crippen LogP contribution < -0.4 is 11.1 Å². The van der Waals surface area contributed by atoms with Crippen LogP contribution in [0.2, 0.25) is 0 Å². The fourth-order valence-corrected chi connectivity index (χ4v) is 5.58. The molecule has 3 atom stereocenters. The van der Waals surface area contributed by atoms with E-state index in [1.807, 2.05) is 44.2 Å². The van der Waals surface area contributed by atoms with Gasteiger partial charge in [0.05, 0.1) is 17.1 Å². The third-order valence-corrected chi connectivity index (χ3v) is 7.61. The lowest BCUT2D eigenvalue weighted by atomic mass is 9.64. The lowest BCUT2D eigenvalue weighted by Crippen LogP contribution is -2.54. The first-order chi connectivity index (χ1) is 19.9. The largest absolute Gasteiger partial charge is 0.419 e. The van der Waals surface area contributed by atoms with Crippen LogP contribution in [0.15, 0.2) is 72.3 Å². The van der Waals surface area contributed by atoms with Crippen LogP contribution in [0.4, 0.5) is 17.6 Å². The van der Waals surface area contributed by atoms with Gasteiger partial charge in [0.2, 0.25) is 11.8 Å². The zero-order chi connectivity index (χ0) is 30.9. The van der Waals surface area contributed by atoms with Crippen LogP contribution in [0.5, 0.6) is 0 Å². The van der Waals surface area contributed by atoms with Gasteiger partial charge in [0.15, 0.2) is 0 Å². The van der Waals surface area contributed by atoms with Gasteiger partial charge in [0.1, 0.15) is 5.82 Å². The lowest BCUT2D eigenvalue weighted by molar-refractivity contribution is -0.145. The zero-order valence-electron chi connectivity index (χ0n) is 24.0. The molecular weight excluding hydrogens is 550 g/mol. The first-order valence-corrected chi connectivity index (χ1v) is 14.2. The molecule has 0 aliphatic heterocycles. The number of alkyl halides is 3. The molecule has 10 heteroatoms. The van der Waals surface area contributed by atoms with Crippen molar-refractivity contribution < 1.29 is 32.3 Å². The molecule has 4 N–H and O–H groups in total. The summed E-state index contributed by atoms with van der Waals surface area (Å²) >= 11 is 0. The summed E-state index contributed by atoms with van der Waals surface area (Å²) < 4.78 is 53.4. The number of halogens is 4. The number of hydrogen-bond acceptors (Lipinski definition) is 4. The van der Waals surface area contributed by atoms with Gasteiger partial charge in [-0.05, 0) is 48.9 Å². The molecule has 228 valence electrons. The molecule has 0 aromatic heterocycles. The van der Waals surface area contributed by atoms with Crippen LogP contribution in [-0.2, 0) is 28.7 Å². The number of amides is 2. The van der Waals surface area contributed by atoms with Crippen LogP contribution in [0.1, 0.15) is 49.8 Å². The van der Waals surface area contributed by atoms with Crippen LogP contribution in [-0.4, -0.2) is 47.6 Å². The molecule has 42 heavy (non-hydrogen) atoms. The molecule has 0 spiro atoms. The first-order valence-electron chi connectivity index (χ1n) is 14.2. The van der Waals surface area contributed by atoms with Crippen LogP contribution >= 0.6 is 0 Å². The average molecular weight is 590 g/mol. The Hall–Kier alpha value is -3.50. The standard InChI is InChI=1S/C32H39F4N3O3/c1-3-15-39(16-4-2)30(42)31(14-8-11-24(19-31)29(37)41)26(17-22-9-6-5-7-10-22)28(40)21-38-20-23-12-13-27(33)25(18-23)32(34,35)36/h5-14,18,26,28,38,40H,3-4,15-17,19-21H2,1-2H3,(H2,37,41)/t26-,28+,31?/m1/s1. The van der Waals surface area contributed by atoms with Crippen LogP contribution in [0, 0.1) is 17.2 Å². The minimum atomic E-state index is -4.84. The SMILES string of the molecule is CCCN(CCC)C(=O)C1([C@H](Cc2ccccc2)[C@@H](O)CNCc2ccc(F)c(C(F)(F)F)c2)C=CC=C(C(N)=O)C1. The van der Waals surface area contributed by atoms with Gasteiger partial charge in [-0.1, -0.05) is 68.5 Å². The quantitative estimate of drug-likeness (QED) is 0.265. The Labute approximate surface area is 244 Å². The predicted octanol–water partition coefficient (Wildman–Crippen LogP) is 5.16. The highest BCUT2D eigenvalue weighted by Gasteiger charge is 2.49. The van der Waals surface area contributed by atoms with Crippen molar-refractivity contribution in [2.24, 2.45) is 17.1 Å². The van der Waals surface area contributed by atoms with Crippen molar-refractivity contribution >= 4 is 11.8 Å². The van der Waals surface area contributed by atoms with E-state index in [0.29, 0.717) is 13.1 Å². The maximum Gasteiger partial charge on any atom is 0.419 e. The molecule has 2 aromatic carbocycles. The van der Waals surface area contributed by atoms with Crippen LogP contribution in [0.25, 0.3) is 0 Å². The van der Waals surface area contributed by atoms with Crippen molar-refractivity contribution in [3.8, 4) is 0 Å². The highest BCUT2D eigenvalue weighted by atomic mass is 19.4. The summed E-state index contributed by atoms with van der Waals surface area (Å²) in [5.74, 6) is -2.96. The molecule has 1 aliphatic carbocycles. The second-order valence-electron chi connectivity index (χ2n) is 10.7. The smallest absolute Gasteiger partial charge is 0.391 e. The molecule has 2 amide bonds. The van der Waals surface area contributed by atoms with Crippen molar-refractivity contribution in [3.05, 3.63) is 94.8 Å². The number of nitrogens with zero attached hydrogens (tertiary/aromatic N) is 1. The maximum atomic E-state index is 14.4. The summed E-state index contributed by atoms with van der Waals surface area (Å²) in [5, 5.41) is 14.6. The van der Waals surface area contributed by atoms with Gasteiger partial charge in [-0.15, -0.1) is 0 Å². The topological polar surface area (TPSA) is 95.7 Å². The van der Waals surface area contributed by atoms with E-state index in [9.17, 15) is 32.3 Å². The van der Waals surface area contributed by atoms with Gasteiger partial charge in [0.25, 0.3) is 0 Å². The van der Waals surface area contributed by atoms with Gasteiger partial charge in [-0.2, -0.15) is 13.2 Å².